The summed E-state index contributed by atoms with van der Waals surface area (Å²) < 4.78 is 41.6. The number of Topliss-reactive ketones (excluding diaryl/α,β-unsaturated/α-hetero) is 1. The average molecular weight is 566 g/mol. The number of anilines is 2. The number of hydrogen-bond acceptors (Lipinski definition) is 6. The van der Waals surface area contributed by atoms with Crippen molar-refractivity contribution in [3.63, 3.8) is 0 Å². The van der Waals surface area contributed by atoms with Crippen LogP contribution in [-0.2, 0) is 17.4 Å². The Morgan fingerprint density at radius 1 is 1.15 bits per heavy atom. The Labute approximate surface area is 232 Å². The maximum atomic E-state index is 13.9. The minimum atomic E-state index is -4.62. The summed E-state index contributed by atoms with van der Waals surface area (Å²) in [6, 6.07) is 4.77. The van der Waals surface area contributed by atoms with Gasteiger partial charge in [0.1, 0.15) is 5.78 Å². The lowest BCUT2D eigenvalue weighted by molar-refractivity contribution is -0.138. The first-order valence-electron chi connectivity index (χ1n) is 13.4. The van der Waals surface area contributed by atoms with Crippen molar-refractivity contribution in [3.8, 4) is 0 Å². The summed E-state index contributed by atoms with van der Waals surface area (Å²) in [5.74, 6) is -0.341. The minimum absolute atomic E-state index is 0.0126. The van der Waals surface area contributed by atoms with Crippen LogP contribution in [0.3, 0.4) is 0 Å². The quantitative estimate of drug-likeness (QED) is 0.432. The van der Waals surface area contributed by atoms with Crippen LogP contribution in [0.2, 0.25) is 5.02 Å². The van der Waals surface area contributed by atoms with Crippen molar-refractivity contribution in [2.45, 2.75) is 52.1 Å². The number of ketones is 1. The molecule has 0 spiro atoms. The van der Waals surface area contributed by atoms with E-state index in [0.717, 1.165) is 25.7 Å². The molecule has 0 unspecified atom stereocenters. The highest BCUT2D eigenvalue weighted by atomic mass is 35.5. The van der Waals surface area contributed by atoms with Crippen molar-refractivity contribution >= 4 is 34.9 Å². The Bertz CT molecular complexity index is 1200. The summed E-state index contributed by atoms with van der Waals surface area (Å²) in [4.78, 5) is 37.9. The van der Waals surface area contributed by atoms with Gasteiger partial charge in [0.15, 0.2) is 0 Å². The summed E-state index contributed by atoms with van der Waals surface area (Å²) in [5, 5.41) is 3.24. The van der Waals surface area contributed by atoms with Crippen molar-refractivity contribution in [1.82, 2.24) is 19.8 Å². The maximum absolute atomic E-state index is 13.9. The molecule has 212 valence electrons. The lowest BCUT2D eigenvalue weighted by Gasteiger charge is -2.32. The van der Waals surface area contributed by atoms with Gasteiger partial charge in [-0.15, -0.1) is 0 Å². The van der Waals surface area contributed by atoms with Crippen molar-refractivity contribution in [2.24, 2.45) is 17.8 Å². The van der Waals surface area contributed by atoms with Crippen molar-refractivity contribution in [2.75, 3.05) is 38.5 Å². The van der Waals surface area contributed by atoms with E-state index < -0.39 is 11.7 Å². The van der Waals surface area contributed by atoms with Gasteiger partial charge in [0, 0.05) is 50.4 Å². The van der Waals surface area contributed by atoms with Crippen LogP contribution in [0, 0.1) is 17.8 Å². The van der Waals surface area contributed by atoms with E-state index >= 15 is 0 Å². The van der Waals surface area contributed by atoms with Crippen LogP contribution in [-0.4, -0.2) is 64.7 Å². The number of piperazine rings is 1. The van der Waals surface area contributed by atoms with Gasteiger partial charge in [0.05, 0.1) is 21.8 Å². The molecule has 2 heterocycles. The van der Waals surface area contributed by atoms with Crippen LogP contribution < -0.4 is 5.32 Å². The Hall–Kier alpha value is -2.72. The van der Waals surface area contributed by atoms with Crippen LogP contribution in [0.5, 0.6) is 0 Å². The number of carbonyl (C=O) groups is 2. The zero-order chi connectivity index (χ0) is 28.3. The van der Waals surface area contributed by atoms with Crippen LogP contribution in [0.4, 0.5) is 24.8 Å². The highest BCUT2D eigenvalue weighted by Gasteiger charge is 2.38. The van der Waals surface area contributed by atoms with Gasteiger partial charge in [-0.3, -0.25) is 9.59 Å². The summed E-state index contributed by atoms with van der Waals surface area (Å²) in [5.41, 5.74) is -0.279. The van der Waals surface area contributed by atoms with Crippen molar-refractivity contribution in [3.05, 3.63) is 46.2 Å². The lowest BCUT2D eigenvalue weighted by atomic mass is 9.84. The fourth-order valence-electron chi connectivity index (χ4n) is 5.45. The molecule has 1 aliphatic heterocycles. The second kappa shape index (κ2) is 12.2. The number of alkyl halides is 3. The molecule has 1 aromatic carbocycles. The fraction of sp³-hybridized carbons (Fsp3) is 0.571. The number of nitrogens with one attached hydrogen (secondary N) is 1. The number of amides is 1. The number of aromatic nitrogens is 2. The number of likely N-dealkylation sites (N-methyl/N-ethyl adjacent to an activating group) is 1. The minimum Gasteiger partial charge on any atom is -0.336 e. The first-order chi connectivity index (χ1) is 18.4. The van der Waals surface area contributed by atoms with E-state index in [4.69, 9.17) is 11.6 Å². The van der Waals surface area contributed by atoms with Gasteiger partial charge >= 0.3 is 6.18 Å². The summed E-state index contributed by atoms with van der Waals surface area (Å²) in [6.07, 6.45) is -1.16. The number of nitrogens with zero attached hydrogens (tertiary/aromatic N) is 4. The van der Waals surface area contributed by atoms with E-state index in [1.165, 1.54) is 0 Å². The topological polar surface area (TPSA) is 78.4 Å². The second-order valence-corrected chi connectivity index (χ2v) is 11.4. The normalized spacial score (nSPS) is 20.5. The smallest absolute Gasteiger partial charge is 0.336 e. The highest BCUT2D eigenvalue weighted by molar-refractivity contribution is 6.34. The molecule has 11 heteroatoms. The van der Waals surface area contributed by atoms with Gasteiger partial charge in [0.25, 0.3) is 5.91 Å². The van der Waals surface area contributed by atoms with Gasteiger partial charge in [-0.25, -0.2) is 9.97 Å². The van der Waals surface area contributed by atoms with Gasteiger partial charge < -0.3 is 15.1 Å². The van der Waals surface area contributed by atoms with Gasteiger partial charge in [-0.2, -0.15) is 13.2 Å². The number of halogens is 4. The van der Waals surface area contributed by atoms with E-state index in [1.807, 2.05) is 20.9 Å². The molecule has 0 bridgehead atoms. The van der Waals surface area contributed by atoms with Crippen molar-refractivity contribution in [1.29, 1.82) is 0 Å². The first kappa shape index (κ1) is 29.3. The molecule has 1 aromatic heterocycles. The standard InChI is InChI=1S/C28H35ClF3N5O2/c1-17(2)13-25(38)20-6-4-5-18(20)14-24-22(28(30,31)32)16-33-27(35-24)34-19-7-8-23(29)21(15-19)26(39)37-11-9-36(3)10-12-37/h7-8,15-18,20H,4-6,9-14H2,1-3H3,(H,33,34,35)/t18-,20-/m0/s1. The Morgan fingerprint density at radius 2 is 1.87 bits per heavy atom. The van der Waals surface area contributed by atoms with Crippen LogP contribution in [0.25, 0.3) is 0 Å². The maximum Gasteiger partial charge on any atom is 0.419 e. The molecule has 1 saturated carbocycles. The molecule has 1 saturated heterocycles. The number of benzene rings is 1. The molecule has 1 aliphatic carbocycles. The number of hydrogen-bond donors (Lipinski definition) is 1. The van der Waals surface area contributed by atoms with E-state index in [0.29, 0.717) is 43.6 Å². The predicted molar refractivity (Wildman–Crippen MR) is 144 cm³/mol. The Balaban J connectivity index is 1.56. The zero-order valence-electron chi connectivity index (χ0n) is 22.5. The van der Waals surface area contributed by atoms with Gasteiger partial charge in [0.2, 0.25) is 5.95 Å². The number of carbonyl (C=O) groups excluding carboxylic acids is 2. The molecule has 1 N–H and O–H groups in total. The van der Waals surface area contributed by atoms with E-state index in [-0.39, 0.29) is 52.5 Å². The van der Waals surface area contributed by atoms with Crippen molar-refractivity contribution < 1.29 is 22.8 Å². The molecule has 2 atom stereocenters. The Kier molecular flexibility index (Phi) is 9.16. The summed E-state index contributed by atoms with van der Waals surface area (Å²) in [7, 11) is 1.99. The molecule has 2 aromatic rings. The third-order valence-electron chi connectivity index (χ3n) is 7.55. The molecule has 2 fully saturated rings. The molecular formula is C28H35ClF3N5O2. The SMILES string of the molecule is CC(C)CC(=O)[C@H]1CCC[C@H]1Cc1nc(Nc2ccc(Cl)c(C(=O)N3CCN(C)CC3)c2)ncc1C(F)(F)F. The molecule has 1 amide bonds. The predicted octanol–water partition coefficient (Wildman–Crippen LogP) is 5.85. The van der Waals surface area contributed by atoms with Crippen LogP contribution >= 0.6 is 11.6 Å². The van der Waals surface area contributed by atoms with Gasteiger partial charge in [-0.1, -0.05) is 31.9 Å². The number of rotatable bonds is 8. The third-order valence-corrected chi connectivity index (χ3v) is 7.88. The largest absolute Gasteiger partial charge is 0.419 e. The highest BCUT2D eigenvalue weighted by Crippen LogP contribution is 2.39. The molecule has 39 heavy (non-hydrogen) atoms. The summed E-state index contributed by atoms with van der Waals surface area (Å²) >= 11 is 6.33. The monoisotopic (exact) mass is 565 g/mol. The van der Waals surface area contributed by atoms with Crippen LogP contribution in [0.15, 0.2) is 24.4 Å². The zero-order valence-corrected chi connectivity index (χ0v) is 23.3. The molecule has 7 nitrogen and oxygen atoms in total. The molecule has 4 rings (SSSR count). The van der Waals surface area contributed by atoms with E-state index in [1.54, 1.807) is 23.1 Å². The summed E-state index contributed by atoms with van der Waals surface area (Å²) in [6.45, 7) is 6.61. The molecule has 0 radical (unpaired) electrons. The van der Waals surface area contributed by atoms with E-state index in [2.05, 4.69) is 20.2 Å². The molecule has 2 aliphatic rings. The third kappa shape index (κ3) is 7.28. The molecular weight excluding hydrogens is 531 g/mol. The van der Waals surface area contributed by atoms with Crippen LogP contribution in [0.1, 0.15) is 61.1 Å². The lowest BCUT2D eigenvalue weighted by Crippen LogP contribution is -2.47. The van der Waals surface area contributed by atoms with E-state index in [9.17, 15) is 22.8 Å². The fourth-order valence-corrected chi connectivity index (χ4v) is 5.65. The average Bonchev–Trinajstić information content (AvgIpc) is 3.32. The Morgan fingerprint density at radius 3 is 2.54 bits per heavy atom. The second-order valence-electron chi connectivity index (χ2n) is 11.0. The first-order valence-corrected chi connectivity index (χ1v) is 13.8. The van der Waals surface area contributed by atoms with Gasteiger partial charge in [-0.05, 0) is 56.3 Å².